The van der Waals surface area contributed by atoms with Crippen molar-refractivity contribution in [3.63, 3.8) is 0 Å². The summed E-state index contributed by atoms with van der Waals surface area (Å²) < 4.78 is 3.13. The fourth-order valence-corrected chi connectivity index (χ4v) is 2.22. The van der Waals surface area contributed by atoms with Crippen LogP contribution in [0.25, 0.3) is 0 Å². The second-order valence-electron chi connectivity index (χ2n) is 3.54. The molecule has 1 heterocycles. The predicted molar refractivity (Wildman–Crippen MR) is 66.6 cm³/mol. The molecule has 0 aromatic heterocycles. The highest BCUT2D eigenvalue weighted by Gasteiger charge is 2.13. The maximum absolute atomic E-state index is 5.90. The van der Waals surface area contributed by atoms with Gasteiger partial charge in [0.15, 0.2) is 0 Å². The summed E-state index contributed by atoms with van der Waals surface area (Å²) in [7, 11) is 0. The van der Waals surface area contributed by atoms with Crippen molar-refractivity contribution in [2.75, 3.05) is 5.32 Å². The number of nitrogens with zero attached hydrogens (tertiary/aromatic N) is 1. The second kappa shape index (κ2) is 4.33. The summed E-state index contributed by atoms with van der Waals surface area (Å²) >= 11 is 7.42. The van der Waals surface area contributed by atoms with E-state index in [2.05, 4.69) is 15.0 Å². The Morgan fingerprint density at radius 2 is 2.20 bits per heavy atom. The Morgan fingerprint density at radius 1 is 1.40 bits per heavy atom. The molecular weight excluding hydrogens is 230 g/mol. The number of anilines is 1. The monoisotopic (exact) mass is 241 g/mol. The van der Waals surface area contributed by atoms with E-state index >= 15 is 0 Å². The Hall–Kier alpha value is -0.870. The van der Waals surface area contributed by atoms with E-state index in [0.29, 0.717) is 0 Å². The highest BCUT2D eigenvalue weighted by Crippen LogP contribution is 2.31. The van der Waals surface area contributed by atoms with Gasteiger partial charge >= 0.3 is 0 Å². The smallest absolute Gasteiger partial charge is 0.206 e. The van der Waals surface area contributed by atoms with Gasteiger partial charge in [-0.15, -0.1) is 0 Å². The van der Waals surface area contributed by atoms with Crippen molar-refractivity contribution in [1.29, 1.82) is 0 Å². The molecule has 0 fully saturated rings. The summed E-state index contributed by atoms with van der Waals surface area (Å²) in [6, 6.07) is 6.02. The molecule has 80 valence electrons. The van der Waals surface area contributed by atoms with Gasteiger partial charge in [-0.05, 0) is 44.0 Å². The topological polar surface area (TPSA) is 36.4 Å². The molecule has 3 nitrogen and oxygen atoms in total. The van der Waals surface area contributed by atoms with Crippen LogP contribution in [0, 0.1) is 0 Å². The lowest BCUT2D eigenvalue weighted by atomic mass is 10.3. The summed E-state index contributed by atoms with van der Waals surface area (Å²) in [6.45, 7) is 4.08. The molecule has 1 aliphatic rings. The summed E-state index contributed by atoms with van der Waals surface area (Å²) in [5.41, 5.74) is 1.04. The Bertz CT molecular complexity index is 404. The van der Waals surface area contributed by atoms with E-state index in [4.69, 9.17) is 11.6 Å². The largest absolute Gasteiger partial charge is 0.325 e. The summed E-state index contributed by atoms with van der Waals surface area (Å²) in [5.74, 6) is 0.796. The molecule has 0 saturated carbocycles. The van der Waals surface area contributed by atoms with E-state index in [1.807, 2.05) is 32.0 Å². The molecule has 0 saturated heterocycles. The van der Waals surface area contributed by atoms with Gasteiger partial charge in [0.2, 0.25) is 5.96 Å². The van der Waals surface area contributed by atoms with Gasteiger partial charge in [0.1, 0.15) is 0 Å². The molecule has 0 unspecified atom stereocenters. The van der Waals surface area contributed by atoms with Gasteiger partial charge in [-0.2, -0.15) is 0 Å². The van der Waals surface area contributed by atoms with Crippen LogP contribution in [0.15, 0.2) is 28.1 Å². The third-order valence-electron chi connectivity index (χ3n) is 1.84. The standard InChI is InChI=1S/C10H12ClN3S/c1-6(2)12-10-13-8-4-3-7(11)5-9(8)15-14-10/h3-6H,1-2H3,(H2,12,13,14). The second-order valence-corrected chi connectivity index (χ2v) is 4.83. The van der Waals surface area contributed by atoms with Crippen LogP contribution in [0.3, 0.4) is 0 Å². The number of benzene rings is 1. The number of aliphatic imine (C=N–C) groups is 1. The molecular formula is C10H12ClN3S. The molecule has 0 radical (unpaired) electrons. The van der Waals surface area contributed by atoms with Crippen molar-refractivity contribution in [3.8, 4) is 0 Å². The average Bonchev–Trinajstić information content (AvgIpc) is 2.17. The molecule has 15 heavy (non-hydrogen) atoms. The molecule has 1 aliphatic heterocycles. The zero-order valence-electron chi connectivity index (χ0n) is 8.54. The lowest BCUT2D eigenvalue weighted by molar-refractivity contribution is 0.831. The maximum Gasteiger partial charge on any atom is 0.206 e. The SMILES string of the molecule is CC(C)N=C1NSc2cc(Cl)ccc2N1. The van der Waals surface area contributed by atoms with Gasteiger partial charge in [-0.3, -0.25) is 4.72 Å². The van der Waals surface area contributed by atoms with Crippen LogP contribution in [0.1, 0.15) is 13.8 Å². The van der Waals surface area contributed by atoms with Crippen LogP contribution in [0.4, 0.5) is 5.69 Å². The number of fused-ring (bicyclic) bond motifs is 1. The van der Waals surface area contributed by atoms with E-state index in [9.17, 15) is 0 Å². The minimum absolute atomic E-state index is 0.273. The fourth-order valence-electron chi connectivity index (χ4n) is 1.26. The van der Waals surface area contributed by atoms with E-state index in [-0.39, 0.29) is 6.04 Å². The number of guanidine groups is 1. The number of nitrogens with one attached hydrogen (secondary N) is 2. The molecule has 1 aromatic carbocycles. The summed E-state index contributed by atoms with van der Waals surface area (Å²) in [5, 5.41) is 3.96. The summed E-state index contributed by atoms with van der Waals surface area (Å²) in [4.78, 5) is 5.49. The van der Waals surface area contributed by atoms with E-state index < -0.39 is 0 Å². The molecule has 0 bridgehead atoms. The normalized spacial score (nSPS) is 17.2. The third-order valence-corrected chi connectivity index (χ3v) is 2.93. The Morgan fingerprint density at radius 3 is 2.93 bits per heavy atom. The Kier molecular flexibility index (Phi) is 3.07. The highest BCUT2D eigenvalue weighted by atomic mass is 35.5. The van der Waals surface area contributed by atoms with Crippen LogP contribution in [-0.2, 0) is 0 Å². The van der Waals surface area contributed by atoms with Crippen LogP contribution >= 0.6 is 23.5 Å². The molecule has 0 amide bonds. The average molecular weight is 242 g/mol. The van der Waals surface area contributed by atoms with Crippen molar-refractivity contribution in [1.82, 2.24) is 4.72 Å². The van der Waals surface area contributed by atoms with Crippen LogP contribution in [-0.4, -0.2) is 12.0 Å². The third kappa shape index (κ3) is 2.58. The lowest BCUT2D eigenvalue weighted by Crippen LogP contribution is -2.30. The fraction of sp³-hybridized carbons (Fsp3) is 0.300. The molecule has 2 N–H and O–H groups in total. The van der Waals surface area contributed by atoms with Crippen LogP contribution in [0.5, 0.6) is 0 Å². The molecule has 0 atom stereocenters. The molecule has 1 aromatic rings. The minimum Gasteiger partial charge on any atom is -0.325 e. The van der Waals surface area contributed by atoms with Gasteiger partial charge in [0.25, 0.3) is 0 Å². The maximum atomic E-state index is 5.90. The van der Waals surface area contributed by atoms with Crippen molar-refractivity contribution < 1.29 is 0 Å². The quantitative estimate of drug-likeness (QED) is 0.742. The first-order chi connectivity index (χ1) is 7.15. The first kappa shape index (κ1) is 10.6. The van der Waals surface area contributed by atoms with E-state index in [1.165, 1.54) is 11.9 Å². The van der Waals surface area contributed by atoms with Gasteiger partial charge < -0.3 is 5.32 Å². The molecule has 0 aliphatic carbocycles. The number of hydrogen-bond donors (Lipinski definition) is 2. The Labute approximate surface area is 98.4 Å². The number of halogens is 1. The van der Waals surface area contributed by atoms with Crippen molar-refractivity contribution in [2.24, 2.45) is 4.99 Å². The Balaban J connectivity index is 2.24. The first-order valence-corrected chi connectivity index (χ1v) is 5.92. The van der Waals surface area contributed by atoms with Crippen molar-refractivity contribution in [3.05, 3.63) is 23.2 Å². The van der Waals surface area contributed by atoms with Crippen molar-refractivity contribution >= 4 is 35.2 Å². The van der Waals surface area contributed by atoms with E-state index in [1.54, 1.807) is 0 Å². The first-order valence-electron chi connectivity index (χ1n) is 4.72. The summed E-state index contributed by atoms with van der Waals surface area (Å²) in [6.07, 6.45) is 0. The van der Waals surface area contributed by atoms with Gasteiger partial charge in [-0.1, -0.05) is 11.6 Å². The predicted octanol–water partition coefficient (Wildman–Crippen LogP) is 3.13. The van der Waals surface area contributed by atoms with E-state index in [0.717, 1.165) is 21.6 Å². The zero-order chi connectivity index (χ0) is 10.8. The highest BCUT2D eigenvalue weighted by molar-refractivity contribution is 7.98. The zero-order valence-corrected chi connectivity index (χ0v) is 10.1. The number of hydrogen-bond acceptors (Lipinski definition) is 2. The van der Waals surface area contributed by atoms with Crippen LogP contribution in [0.2, 0.25) is 5.02 Å². The molecule has 5 heteroatoms. The molecule has 0 spiro atoms. The van der Waals surface area contributed by atoms with Gasteiger partial charge in [-0.25, -0.2) is 4.99 Å². The van der Waals surface area contributed by atoms with Gasteiger partial charge in [0, 0.05) is 11.1 Å². The van der Waals surface area contributed by atoms with Crippen LogP contribution < -0.4 is 10.0 Å². The minimum atomic E-state index is 0.273. The number of rotatable bonds is 1. The lowest BCUT2D eigenvalue weighted by Gasteiger charge is -2.20. The van der Waals surface area contributed by atoms with Crippen molar-refractivity contribution in [2.45, 2.75) is 24.8 Å². The van der Waals surface area contributed by atoms with Gasteiger partial charge in [0.05, 0.1) is 10.6 Å². The molecule has 2 rings (SSSR count).